The molecule has 0 amide bonds. The molecule has 0 radical (unpaired) electrons. The molecule has 3 nitrogen and oxygen atoms in total. The van der Waals surface area contributed by atoms with Crippen molar-refractivity contribution in [3.05, 3.63) is 24.5 Å². The van der Waals surface area contributed by atoms with Crippen LogP contribution < -0.4 is 0 Å². The molecule has 0 N–H and O–H groups in total. The van der Waals surface area contributed by atoms with E-state index >= 15 is 0 Å². The zero-order chi connectivity index (χ0) is 6.97. The summed E-state index contributed by atoms with van der Waals surface area (Å²) in [4.78, 5) is 4.03. The van der Waals surface area contributed by atoms with Crippen molar-refractivity contribution < 1.29 is 0 Å². The van der Waals surface area contributed by atoms with E-state index in [1.54, 1.807) is 16.9 Å². The molecule has 2 rings (SSSR count). The van der Waals surface area contributed by atoms with Crippen molar-refractivity contribution in [3.63, 3.8) is 0 Å². The zero-order valence-corrected chi connectivity index (χ0v) is 5.99. The van der Waals surface area contributed by atoms with Crippen molar-refractivity contribution in [1.82, 2.24) is 14.6 Å². The number of nitrogens with zero attached hydrogens (tertiary/aromatic N) is 3. The molecule has 0 unspecified atom stereocenters. The van der Waals surface area contributed by atoms with E-state index in [-0.39, 0.29) is 29.6 Å². The van der Waals surface area contributed by atoms with Gasteiger partial charge in [0, 0.05) is 12.4 Å². The molecule has 2 aromatic rings. The van der Waals surface area contributed by atoms with E-state index in [1.807, 2.05) is 12.1 Å². The van der Waals surface area contributed by atoms with E-state index in [2.05, 4.69) is 22.7 Å². The van der Waals surface area contributed by atoms with Gasteiger partial charge in [-0.1, -0.05) is 0 Å². The van der Waals surface area contributed by atoms with Gasteiger partial charge in [0.25, 0.3) is 0 Å². The maximum atomic E-state index is 4.08. The molecule has 2 heterocycles. The summed E-state index contributed by atoms with van der Waals surface area (Å²) >= 11 is 4.08. The number of fused-ring (bicyclic) bond motifs is 1. The van der Waals surface area contributed by atoms with Gasteiger partial charge in [-0.25, -0.2) is 9.50 Å². The average molecular weight is 175 g/mol. The molecule has 0 saturated heterocycles. The Morgan fingerprint density at radius 1 is 1.36 bits per heavy atom. The van der Waals surface area contributed by atoms with Gasteiger partial charge >= 0.3 is 29.6 Å². The first-order valence-electron chi connectivity index (χ1n) is 2.85. The summed E-state index contributed by atoms with van der Waals surface area (Å²) in [6, 6.07) is 3.68. The number of imidazole rings is 1. The minimum atomic E-state index is 0. The third kappa shape index (κ3) is 1.76. The van der Waals surface area contributed by atoms with Crippen LogP contribution in [0, 0.1) is 0 Å². The first-order valence-corrected chi connectivity index (χ1v) is 3.30. The number of thiol groups is 1. The van der Waals surface area contributed by atoms with Gasteiger partial charge < -0.3 is 0 Å². The van der Waals surface area contributed by atoms with Crippen molar-refractivity contribution in [3.8, 4) is 0 Å². The van der Waals surface area contributed by atoms with Crippen molar-refractivity contribution in [2.75, 3.05) is 0 Å². The fraction of sp³-hybridized carbons (Fsp3) is 0. The molecular weight excluding hydrogens is 169 g/mol. The third-order valence-corrected chi connectivity index (χ3v) is 1.48. The monoisotopic (exact) mass is 175 g/mol. The van der Waals surface area contributed by atoms with E-state index in [0.29, 0.717) is 5.03 Å². The van der Waals surface area contributed by atoms with Crippen LogP contribution in [0.4, 0.5) is 0 Å². The predicted molar refractivity (Wildman–Crippen MR) is 47.4 cm³/mol. The van der Waals surface area contributed by atoms with Crippen LogP contribution in [0.25, 0.3) is 5.65 Å². The summed E-state index contributed by atoms with van der Waals surface area (Å²) in [5, 5.41) is 4.75. The van der Waals surface area contributed by atoms with Gasteiger partial charge in [0.05, 0.1) is 0 Å². The fourth-order valence-electron chi connectivity index (χ4n) is 0.805. The van der Waals surface area contributed by atoms with Gasteiger partial charge in [0.1, 0.15) is 5.03 Å². The Balaban J connectivity index is 0.000000605. The molecule has 2 aromatic heterocycles. The SMILES string of the molecule is Sc1ccc2nccn2n1.[NaH]. The summed E-state index contributed by atoms with van der Waals surface area (Å²) in [6.45, 7) is 0. The molecule has 0 spiro atoms. The van der Waals surface area contributed by atoms with Crippen LogP contribution in [0.1, 0.15) is 0 Å². The van der Waals surface area contributed by atoms with Crippen molar-refractivity contribution in [1.29, 1.82) is 0 Å². The number of rotatable bonds is 0. The van der Waals surface area contributed by atoms with Gasteiger partial charge in [-0.05, 0) is 12.1 Å². The van der Waals surface area contributed by atoms with Gasteiger partial charge in [-0.15, -0.1) is 12.6 Å². The van der Waals surface area contributed by atoms with E-state index in [0.717, 1.165) is 5.65 Å². The molecule has 5 heteroatoms. The average Bonchev–Trinajstić information content (AvgIpc) is 2.33. The van der Waals surface area contributed by atoms with Crippen LogP contribution in [-0.2, 0) is 0 Å². The Morgan fingerprint density at radius 3 is 3.00 bits per heavy atom. The summed E-state index contributed by atoms with van der Waals surface area (Å²) in [7, 11) is 0. The van der Waals surface area contributed by atoms with Gasteiger partial charge in [-0.3, -0.25) is 0 Å². The number of hydrogen-bond donors (Lipinski definition) is 1. The summed E-state index contributed by atoms with van der Waals surface area (Å²) in [6.07, 6.45) is 3.49. The van der Waals surface area contributed by atoms with Crippen molar-refractivity contribution in [2.24, 2.45) is 0 Å². The van der Waals surface area contributed by atoms with E-state index < -0.39 is 0 Å². The van der Waals surface area contributed by atoms with Gasteiger partial charge in [-0.2, -0.15) is 5.10 Å². The van der Waals surface area contributed by atoms with Gasteiger partial charge in [0.2, 0.25) is 0 Å². The Bertz CT molecular complexity index is 359. The Hall–Kier alpha value is -0.0300. The summed E-state index contributed by atoms with van der Waals surface area (Å²) < 4.78 is 1.68. The minimum absolute atomic E-state index is 0. The normalized spacial score (nSPS) is 9.55. The molecule has 0 aliphatic heterocycles. The molecule has 0 aliphatic rings. The molecular formula is C6H6N3NaS. The second kappa shape index (κ2) is 3.58. The third-order valence-electron chi connectivity index (χ3n) is 1.24. The Labute approximate surface area is 91.5 Å². The number of hydrogen-bond acceptors (Lipinski definition) is 3. The second-order valence-corrected chi connectivity index (χ2v) is 2.38. The topological polar surface area (TPSA) is 30.2 Å². The summed E-state index contributed by atoms with van der Waals surface area (Å²) in [5.74, 6) is 0. The molecule has 0 atom stereocenters. The predicted octanol–water partition coefficient (Wildman–Crippen LogP) is 0.369. The van der Waals surface area contributed by atoms with Crippen molar-refractivity contribution in [2.45, 2.75) is 5.03 Å². The number of aromatic nitrogens is 3. The van der Waals surface area contributed by atoms with Crippen LogP contribution in [0.5, 0.6) is 0 Å². The Morgan fingerprint density at radius 2 is 2.18 bits per heavy atom. The molecule has 0 saturated carbocycles. The van der Waals surface area contributed by atoms with Crippen LogP contribution in [0.15, 0.2) is 29.6 Å². The van der Waals surface area contributed by atoms with Crippen LogP contribution in [-0.4, -0.2) is 44.2 Å². The first kappa shape index (κ1) is 9.06. The maximum absolute atomic E-state index is 4.08. The molecule has 0 fully saturated rings. The van der Waals surface area contributed by atoms with E-state index in [9.17, 15) is 0 Å². The second-order valence-electron chi connectivity index (χ2n) is 1.92. The summed E-state index contributed by atoms with van der Waals surface area (Å²) in [5.41, 5.74) is 0.845. The fourth-order valence-corrected chi connectivity index (χ4v) is 0.976. The van der Waals surface area contributed by atoms with Crippen LogP contribution in [0.3, 0.4) is 0 Å². The van der Waals surface area contributed by atoms with Crippen molar-refractivity contribution >= 4 is 47.8 Å². The standard InChI is InChI=1S/C6H5N3S.Na.H/c10-6-2-1-5-7-3-4-9(5)8-6;;/h1-4H,(H,8,10);;. The Kier molecular flexibility index (Phi) is 2.95. The quantitative estimate of drug-likeness (QED) is 0.463. The molecule has 0 aliphatic carbocycles. The van der Waals surface area contributed by atoms with E-state index in [4.69, 9.17) is 0 Å². The van der Waals surface area contributed by atoms with Crippen LogP contribution >= 0.6 is 12.6 Å². The molecule has 52 valence electrons. The van der Waals surface area contributed by atoms with Gasteiger partial charge in [0.15, 0.2) is 5.65 Å². The molecule has 11 heavy (non-hydrogen) atoms. The zero-order valence-electron chi connectivity index (χ0n) is 5.10. The van der Waals surface area contributed by atoms with E-state index in [1.165, 1.54) is 0 Å². The molecule has 0 bridgehead atoms. The molecule has 0 aromatic carbocycles. The first-order chi connectivity index (χ1) is 4.86. The van der Waals surface area contributed by atoms with Crippen LogP contribution in [0.2, 0.25) is 0 Å².